The van der Waals surface area contributed by atoms with Crippen molar-refractivity contribution in [2.24, 2.45) is 5.92 Å². The molecule has 0 N–H and O–H groups in total. The maximum atomic E-state index is 5.90. The van der Waals surface area contributed by atoms with E-state index >= 15 is 0 Å². The summed E-state index contributed by atoms with van der Waals surface area (Å²) in [7, 11) is 0. The van der Waals surface area contributed by atoms with Crippen molar-refractivity contribution in [1.82, 2.24) is 0 Å². The lowest BCUT2D eigenvalue weighted by atomic mass is 9.86. The molecule has 2 heteroatoms. The Bertz CT molecular complexity index is 255. The zero-order valence-electron chi connectivity index (χ0n) is 8.90. The summed E-state index contributed by atoms with van der Waals surface area (Å²) in [6.07, 6.45) is 8.99. The zero-order valence-corrected chi connectivity index (χ0v) is 8.90. The van der Waals surface area contributed by atoms with Gasteiger partial charge >= 0.3 is 0 Å². The van der Waals surface area contributed by atoms with Crippen LogP contribution in [0.25, 0.3) is 0 Å². The Morgan fingerprint density at radius 1 is 1.50 bits per heavy atom. The van der Waals surface area contributed by atoms with Crippen molar-refractivity contribution in [3.63, 3.8) is 0 Å². The molecule has 1 aliphatic carbocycles. The molecular formula is C12H18O2. The molecule has 0 radical (unpaired) electrons. The standard InChI is InChI=1S/C12H18O2/c1-3-13-11-8-7-10-6-4-5-9(2)12(10)14-11/h4-6,10-12H,3,7-8H2,1-2H3. The number of ether oxygens (including phenoxy) is 2. The van der Waals surface area contributed by atoms with Crippen LogP contribution >= 0.6 is 0 Å². The summed E-state index contributed by atoms with van der Waals surface area (Å²) < 4.78 is 11.4. The molecule has 0 bridgehead atoms. The summed E-state index contributed by atoms with van der Waals surface area (Å²) in [6.45, 7) is 4.88. The first-order chi connectivity index (χ1) is 6.81. The molecule has 1 heterocycles. The van der Waals surface area contributed by atoms with Gasteiger partial charge in [-0.25, -0.2) is 0 Å². The number of hydrogen-bond donors (Lipinski definition) is 0. The minimum absolute atomic E-state index is 0.0103. The lowest BCUT2D eigenvalue weighted by Gasteiger charge is -2.36. The lowest BCUT2D eigenvalue weighted by Crippen LogP contribution is -2.37. The van der Waals surface area contributed by atoms with Crippen LogP contribution in [0.1, 0.15) is 26.7 Å². The van der Waals surface area contributed by atoms with Crippen molar-refractivity contribution >= 4 is 0 Å². The van der Waals surface area contributed by atoms with E-state index in [4.69, 9.17) is 9.47 Å². The molecule has 14 heavy (non-hydrogen) atoms. The van der Waals surface area contributed by atoms with Crippen molar-refractivity contribution in [2.45, 2.75) is 39.1 Å². The van der Waals surface area contributed by atoms with Crippen molar-refractivity contribution in [3.05, 3.63) is 23.8 Å². The molecule has 3 unspecified atom stereocenters. The SMILES string of the molecule is CCOC1CCC2C=CC=C(C)C2O1. The van der Waals surface area contributed by atoms with E-state index in [1.54, 1.807) is 0 Å². The number of rotatable bonds is 2. The van der Waals surface area contributed by atoms with Gasteiger partial charge in [0.1, 0.15) is 0 Å². The Labute approximate surface area is 85.6 Å². The molecule has 0 aromatic rings. The largest absolute Gasteiger partial charge is 0.353 e. The van der Waals surface area contributed by atoms with E-state index in [9.17, 15) is 0 Å². The molecule has 3 atom stereocenters. The highest BCUT2D eigenvalue weighted by molar-refractivity contribution is 5.23. The summed E-state index contributed by atoms with van der Waals surface area (Å²) in [4.78, 5) is 0. The maximum absolute atomic E-state index is 5.90. The molecule has 78 valence electrons. The van der Waals surface area contributed by atoms with Gasteiger partial charge in [-0.3, -0.25) is 0 Å². The van der Waals surface area contributed by atoms with Crippen LogP contribution in [-0.2, 0) is 9.47 Å². The molecule has 0 spiro atoms. The molecule has 2 aliphatic rings. The van der Waals surface area contributed by atoms with Gasteiger partial charge in [0.2, 0.25) is 0 Å². The minimum atomic E-state index is 0.0103. The van der Waals surface area contributed by atoms with Crippen LogP contribution in [0.3, 0.4) is 0 Å². The summed E-state index contributed by atoms with van der Waals surface area (Å²) in [5.41, 5.74) is 1.32. The Morgan fingerprint density at radius 3 is 3.14 bits per heavy atom. The molecule has 1 fully saturated rings. The first-order valence-corrected chi connectivity index (χ1v) is 5.43. The topological polar surface area (TPSA) is 18.5 Å². The van der Waals surface area contributed by atoms with Crippen LogP contribution in [0.15, 0.2) is 23.8 Å². The number of allylic oxidation sites excluding steroid dienone is 2. The van der Waals surface area contributed by atoms with Gasteiger partial charge in [-0.1, -0.05) is 18.2 Å². The highest BCUT2D eigenvalue weighted by Gasteiger charge is 2.31. The van der Waals surface area contributed by atoms with Crippen LogP contribution in [0, 0.1) is 5.92 Å². The van der Waals surface area contributed by atoms with E-state index in [-0.39, 0.29) is 12.4 Å². The van der Waals surface area contributed by atoms with Gasteiger partial charge in [-0.15, -0.1) is 0 Å². The normalized spacial score (nSPS) is 36.4. The highest BCUT2D eigenvalue weighted by atomic mass is 16.7. The zero-order chi connectivity index (χ0) is 9.97. The van der Waals surface area contributed by atoms with Crippen molar-refractivity contribution in [1.29, 1.82) is 0 Å². The fourth-order valence-electron chi connectivity index (χ4n) is 2.21. The van der Waals surface area contributed by atoms with E-state index in [1.807, 2.05) is 6.92 Å². The fourth-order valence-corrected chi connectivity index (χ4v) is 2.21. The summed E-state index contributed by atoms with van der Waals surface area (Å²) in [5.74, 6) is 0.566. The second kappa shape index (κ2) is 4.28. The molecule has 0 amide bonds. The lowest BCUT2D eigenvalue weighted by molar-refractivity contribution is -0.192. The minimum Gasteiger partial charge on any atom is -0.353 e. The summed E-state index contributed by atoms with van der Waals surface area (Å²) >= 11 is 0. The van der Waals surface area contributed by atoms with Gasteiger partial charge in [-0.2, -0.15) is 0 Å². The van der Waals surface area contributed by atoms with Gasteiger partial charge in [0.25, 0.3) is 0 Å². The van der Waals surface area contributed by atoms with Gasteiger partial charge in [0.15, 0.2) is 6.29 Å². The predicted octanol–water partition coefficient (Wildman–Crippen LogP) is 2.66. The Balaban J connectivity index is 2.00. The predicted molar refractivity (Wildman–Crippen MR) is 55.9 cm³/mol. The second-order valence-corrected chi connectivity index (χ2v) is 3.98. The van der Waals surface area contributed by atoms with Gasteiger partial charge in [0, 0.05) is 12.5 Å². The summed E-state index contributed by atoms with van der Waals surface area (Å²) in [5, 5.41) is 0. The maximum Gasteiger partial charge on any atom is 0.158 e. The molecule has 0 aromatic heterocycles. The second-order valence-electron chi connectivity index (χ2n) is 3.98. The van der Waals surface area contributed by atoms with Crippen molar-refractivity contribution in [2.75, 3.05) is 6.61 Å². The smallest absolute Gasteiger partial charge is 0.158 e. The first kappa shape index (κ1) is 9.94. The first-order valence-electron chi connectivity index (χ1n) is 5.43. The van der Waals surface area contributed by atoms with E-state index in [1.165, 1.54) is 12.0 Å². The molecule has 1 saturated heterocycles. The van der Waals surface area contributed by atoms with Crippen LogP contribution in [0.2, 0.25) is 0 Å². The molecule has 0 saturated carbocycles. The third-order valence-corrected chi connectivity index (χ3v) is 2.94. The van der Waals surface area contributed by atoms with E-state index in [2.05, 4.69) is 25.2 Å². The molecule has 1 aliphatic heterocycles. The Kier molecular flexibility index (Phi) is 3.04. The molecule has 2 nitrogen and oxygen atoms in total. The third kappa shape index (κ3) is 1.91. The number of hydrogen-bond acceptors (Lipinski definition) is 2. The van der Waals surface area contributed by atoms with E-state index in [0.717, 1.165) is 13.0 Å². The van der Waals surface area contributed by atoms with E-state index in [0.29, 0.717) is 5.92 Å². The van der Waals surface area contributed by atoms with Gasteiger partial charge in [-0.05, 0) is 32.3 Å². The quantitative estimate of drug-likeness (QED) is 0.673. The monoisotopic (exact) mass is 194 g/mol. The van der Waals surface area contributed by atoms with Crippen molar-refractivity contribution in [3.8, 4) is 0 Å². The summed E-state index contributed by atoms with van der Waals surface area (Å²) in [6, 6.07) is 0. The average Bonchev–Trinajstić information content (AvgIpc) is 2.20. The van der Waals surface area contributed by atoms with Crippen LogP contribution < -0.4 is 0 Å². The molecule has 2 rings (SSSR count). The van der Waals surface area contributed by atoms with E-state index < -0.39 is 0 Å². The molecular weight excluding hydrogens is 176 g/mol. The fraction of sp³-hybridized carbons (Fsp3) is 0.667. The van der Waals surface area contributed by atoms with Crippen LogP contribution in [0.5, 0.6) is 0 Å². The highest BCUT2D eigenvalue weighted by Crippen LogP contribution is 2.33. The van der Waals surface area contributed by atoms with Crippen molar-refractivity contribution < 1.29 is 9.47 Å². The van der Waals surface area contributed by atoms with Gasteiger partial charge < -0.3 is 9.47 Å². The van der Waals surface area contributed by atoms with Crippen LogP contribution in [-0.4, -0.2) is 19.0 Å². The number of fused-ring (bicyclic) bond motifs is 1. The Hall–Kier alpha value is -0.600. The Morgan fingerprint density at radius 2 is 2.36 bits per heavy atom. The average molecular weight is 194 g/mol. The third-order valence-electron chi connectivity index (χ3n) is 2.94. The molecule has 0 aromatic carbocycles. The van der Waals surface area contributed by atoms with Crippen LogP contribution in [0.4, 0.5) is 0 Å². The van der Waals surface area contributed by atoms with Gasteiger partial charge in [0.05, 0.1) is 6.10 Å².